The largest absolute Gasteiger partial charge is 0.496 e. The van der Waals surface area contributed by atoms with Gasteiger partial charge in [0.15, 0.2) is 5.43 Å². The van der Waals surface area contributed by atoms with Crippen LogP contribution >= 0.6 is 11.8 Å². The molecule has 0 aliphatic heterocycles. The molecule has 0 saturated carbocycles. The van der Waals surface area contributed by atoms with E-state index in [1.54, 1.807) is 48.5 Å². The van der Waals surface area contributed by atoms with Crippen LogP contribution in [-0.4, -0.2) is 12.2 Å². The Bertz CT molecular complexity index is 653. The highest BCUT2D eigenvalue weighted by atomic mass is 32.2. The van der Waals surface area contributed by atoms with Gasteiger partial charge in [-0.2, -0.15) is 0 Å². The molecule has 0 spiro atoms. The van der Waals surface area contributed by atoms with Gasteiger partial charge >= 0.3 is 0 Å². The third-order valence-corrected chi connectivity index (χ3v) is 3.45. The third kappa shape index (κ3) is 3.23. The lowest BCUT2D eigenvalue weighted by molar-refractivity contribution is 0.108. The number of carbonyl (C=O) groups is 1. The van der Waals surface area contributed by atoms with Gasteiger partial charge < -0.3 is 4.74 Å². The maximum absolute atomic E-state index is 12.2. The first kappa shape index (κ1) is 13.4. The molecule has 4 heteroatoms. The predicted molar refractivity (Wildman–Crippen MR) is 75.9 cm³/mol. The van der Waals surface area contributed by atoms with Crippen molar-refractivity contribution < 1.29 is 9.53 Å². The lowest BCUT2D eigenvalue weighted by Gasteiger charge is -2.05. The molecular formula is C15H12O3S. The zero-order chi connectivity index (χ0) is 13.7. The third-order valence-electron chi connectivity index (χ3n) is 2.49. The maximum atomic E-state index is 12.2. The number of rotatable bonds is 3. The van der Waals surface area contributed by atoms with Crippen LogP contribution in [0.2, 0.25) is 0 Å². The zero-order valence-corrected chi connectivity index (χ0v) is 11.1. The molecule has 0 N–H and O–H groups in total. The van der Waals surface area contributed by atoms with Crippen LogP contribution < -0.4 is 10.2 Å². The van der Waals surface area contributed by atoms with Crippen molar-refractivity contribution in [1.82, 2.24) is 0 Å². The molecule has 19 heavy (non-hydrogen) atoms. The first-order valence-electron chi connectivity index (χ1n) is 5.67. The summed E-state index contributed by atoms with van der Waals surface area (Å²) >= 11 is 0.915. The van der Waals surface area contributed by atoms with E-state index in [4.69, 9.17) is 4.74 Å². The second-order valence-corrected chi connectivity index (χ2v) is 4.74. The van der Waals surface area contributed by atoms with Crippen LogP contribution in [0.15, 0.2) is 64.3 Å². The summed E-state index contributed by atoms with van der Waals surface area (Å²) in [6.07, 6.45) is 0. The van der Waals surface area contributed by atoms with Crippen molar-refractivity contribution in [2.75, 3.05) is 7.11 Å². The van der Waals surface area contributed by atoms with Crippen molar-refractivity contribution in [3.8, 4) is 5.75 Å². The summed E-state index contributed by atoms with van der Waals surface area (Å²) < 4.78 is 5.14. The molecule has 0 atom stereocenters. The Morgan fingerprint density at radius 2 is 1.68 bits per heavy atom. The molecule has 2 rings (SSSR count). The molecule has 0 aliphatic rings. The molecule has 0 aromatic heterocycles. The molecule has 0 aliphatic carbocycles. The van der Waals surface area contributed by atoms with Crippen LogP contribution in [0.5, 0.6) is 5.75 Å². The number of thioether (sulfide) groups is 1. The summed E-state index contributed by atoms with van der Waals surface area (Å²) in [6.45, 7) is 0. The van der Waals surface area contributed by atoms with E-state index < -0.39 is 0 Å². The van der Waals surface area contributed by atoms with Crippen molar-refractivity contribution in [3.05, 3.63) is 70.4 Å². The molecule has 0 amide bonds. The van der Waals surface area contributed by atoms with Crippen LogP contribution in [0.3, 0.4) is 0 Å². The summed E-state index contributed by atoms with van der Waals surface area (Å²) in [6, 6.07) is 15.2. The molecule has 2 aromatic rings. The van der Waals surface area contributed by atoms with E-state index >= 15 is 0 Å². The molecular weight excluding hydrogens is 260 g/mol. The van der Waals surface area contributed by atoms with Crippen molar-refractivity contribution >= 4 is 16.9 Å². The highest BCUT2D eigenvalue weighted by Crippen LogP contribution is 2.25. The number of hydrogen-bond donors (Lipinski definition) is 0. The number of carbonyl (C=O) groups excluding carboxylic acids is 1. The molecule has 0 fully saturated rings. The molecule has 0 radical (unpaired) electrons. The topological polar surface area (TPSA) is 43.4 Å². The Morgan fingerprint density at radius 1 is 1.00 bits per heavy atom. The average Bonchev–Trinajstić information content (AvgIpc) is 2.64. The summed E-state index contributed by atoms with van der Waals surface area (Å²) in [5.74, 6) is 0.507. The van der Waals surface area contributed by atoms with E-state index in [1.807, 2.05) is 0 Å². The fourth-order valence-electron chi connectivity index (χ4n) is 1.57. The molecule has 96 valence electrons. The van der Waals surface area contributed by atoms with Gasteiger partial charge in [0.25, 0.3) is 0 Å². The van der Waals surface area contributed by atoms with Gasteiger partial charge in [0, 0.05) is 0 Å². The van der Waals surface area contributed by atoms with E-state index in [1.165, 1.54) is 13.2 Å². The number of para-hydroxylation sites is 1. The van der Waals surface area contributed by atoms with Gasteiger partial charge in [-0.25, -0.2) is 0 Å². The summed E-state index contributed by atoms with van der Waals surface area (Å²) in [7, 11) is 1.51. The molecule has 0 unspecified atom stereocenters. The summed E-state index contributed by atoms with van der Waals surface area (Å²) in [5, 5.41) is -0.208. The Hall–Kier alpha value is -2.07. The van der Waals surface area contributed by atoms with Crippen LogP contribution in [0.1, 0.15) is 10.4 Å². The van der Waals surface area contributed by atoms with Gasteiger partial charge in [0.1, 0.15) is 5.75 Å². The normalized spacial score (nSPS) is 9.95. The SMILES string of the molecule is COc1ccccc1C(=O)Sc1cccccc1=O. The number of methoxy groups -OCH3 is 1. The minimum atomic E-state index is -0.208. The van der Waals surface area contributed by atoms with Gasteiger partial charge in [0.2, 0.25) is 5.12 Å². The van der Waals surface area contributed by atoms with Gasteiger partial charge in [0.05, 0.1) is 17.6 Å². The minimum absolute atomic E-state index is 0.168. The second-order valence-electron chi connectivity index (χ2n) is 3.73. The lowest BCUT2D eigenvalue weighted by Crippen LogP contribution is -2.03. The van der Waals surface area contributed by atoms with E-state index in [9.17, 15) is 9.59 Å². The Morgan fingerprint density at radius 3 is 2.47 bits per heavy atom. The van der Waals surface area contributed by atoms with Crippen LogP contribution in [0.4, 0.5) is 0 Å². The average molecular weight is 272 g/mol. The Balaban J connectivity index is 2.32. The summed E-state index contributed by atoms with van der Waals surface area (Å²) in [4.78, 5) is 24.3. The van der Waals surface area contributed by atoms with Crippen molar-refractivity contribution in [3.63, 3.8) is 0 Å². The summed E-state index contributed by atoms with van der Waals surface area (Å²) in [5.41, 5.74) is 0.291. The smallest absolute Gasteiger partial charge is 0.227 e. The van der Waals surface area contributed by atoms with E-state index in [2.05, 4.69) is 0 Å². The molecule has 0 bridgehead atoms. The number of ether oxygens (including phenoxy) is 1. The standard InChI is InChI=1S/C15H12O3S/c1-18-13-9-6-5-7-11(13)15(17)19-14-10-4-2-3-8-12(14)16/h2-10H,1H3. The van der Waals surface area contributed by atoms with Crippen molar-refractivity contribution in [1.29, 1.82) is 0 Å². The Labute approximate surface area is 115 Å². The van der Waals surface area contributed by atoms with Crippen molar-refractivity contribution in [2.45, 2.75) is 4.90 Å². The Kier molecular flexibility index (Phi) is 4.36. The fraction of sp³-hybridized carbons (Fsp3) is 0.0667. The molecule has 3 nitrogen and oxygen atoms in total. The van der Waals surface area contributed by atoms with Crippen molar-refractivity contribution in [2.24, 2.45) is 0 Å². The first-order chi connectivity index (χ1) is 9.22. The quantitative estimate of drug-likeness (QED) is 0.806. The number of hydrogen-bond acceptors (Lipinski definition) is 4. The maximum Gasteiger partial charge on any atom is 0.227 e. The van der Waals surface area contributed by atoms with E-state index in [-0.39, 0.29) is 10.5 Å². The van der Waals surface area contributed by atoms with Crippen LogP contribution in [0.25, 0.3) is 0 Å². The van der Waals surface area contributed by atoms with E-state index in [0.29, 0.717) is 16.2 Å². The lowest BCUT2D eigenvalue weighted by atomic mass is 10.2. The molecule has 0 heterocycles. The van der Waals surface area contributed by atoms with E-state index in [0.717, 1.165) is 11.8 Å². The van der Waals surface area contributed by atoms with Gasteiger partial charge in [-0.1, -0.05) is 30.3 Å². The fourth-order valence-corrected chi connectivity index (χ4v) is 2.36. The van der Waals surface area contributed by atoms with Crippen LogP contribution in [-0.2, 0) is 0 Å². The van der Waals surface area contributed by atoms with Gasteiger partial charge in [-0.15, -0.1) is 0 Å². The zero-order valence-electron chi connectivity index (χ0n) is 10.3. The first-order valence-corrected chi connectivity index (χ1v) is 6.48. The molecule has 0 saturated heterocycles. The second kappa shape index (κ2) is 6.20. The van der Waals surface area contributed by atoms with Gasteiger partial charge in [-0.05, 0) is 36.0 Å². The highest BCUT2D eigenvalue weighted by molar-refractivity contribution is 8.14. The predicted octanol–water partition coefficient (Wildman–Crippen LogP) is 2.99. The number of benzene rings is 1. The molecule has 2 aromatic carbocycles. The monoisotopic (exact) mass is 272 g/mol. The highest BCUT2D eigenvalue weighted by Gasteiger charge is 2.14. The minimum Gasteiger partial charge on any atom is -0.496 e. The van der Waals surface area contributed by atoms with Crippen LogP contribution in [0, 0.1) is 0 Å². The van der Waals surface area contributed by atoms with Gasteiger partial charge in [-0.3, -0.25) is 9.59 Å².